The minimum Gasteiger partial charge on any atom is -0.372 e. The first-order valence-electron chi connectivity index (χ1n) is 4.58. The molecule has 14 heavy (non-hydrogen) atoms. The molecule has 0 aliphatic carbocycles. The van der Waals surface area contributed by atoms with Crippen molar-refractivity contribution in [3.8, 4) is 6.07 Å². The van der Waals surface area contributed by atoms with Crippen LogP contribution in [0, 0.1) is 17.2 Å². The van der Waals surface area contributed by atoms with Crippen molar-refractivity contribution in [2.45, 2.75) is 12.5 Å². The maximum Gasteiger partial charge on any atom is 0.0984 e. The van der Waals surface area contributed by atoms with Gasteiger partial charge in [0, 0.05) is 11.1 Å². The van der Waals surface area contributed by atoms with E-state index in [2.05, 4.69) is 22.0 Å². The number of benzene rings is 1. The van der Waals surface area contributed by atoms with E-state index in [1.807, 2.05) is 24.3 Å². The summed E-state index contributed by atoms with van der Waals surface area (Å²) in [5, 5.41) is 8.93. The van der Waals surface area contributed by atoms with Crippen molar-refractivity contribution >= 4 is 15.9 Å². The molecule has 0 aromatic heterocycles. The van der Waals surface area contributed by atoms with E-state index in [4.69, 9.17) is 10.00 Å². The molecule has 1 aliphatic heterocycles. The largest absolute Gasteiger partial charge is 0.372 e. The molecule has 2 rings (SSSR count). The fourth-order valence-corrected chi connectivity index (χ4v) is 2.15. The zero-order valence-corrected chi connectivity index (χ0v) is 9.20. The van der Waals surface area contributed by atoms with E-state index in [1.165, 1.54) is 0 Å². The van der Waals surface area contributed by atoms with Crippen molar-refractivity contribution in [1.29, 1.82) is 5.26 Å². The standard InChI is InChI=1S/C11H10BrNO/c12-10-3-1-2-8(6-10)11-9(7-13)4-5-14-11/h1-3,6,9,11H,4-5H2. The molecule has 1 heterocycles. The zero-order chi connectivity index (χ0) is 9.97. The molecule has 1 saturated heterocycles. The van der Waals surface area contributed by atoms with Crippen LogP contribution < -0.4 is 0 Å². The maximum atomic E-state index is 8.93. The maximum absolute atomic E-state index is 8.93. The van der Waals surface area contributed by atoms with Crippen LogP contribution in [0.1, 0.15) is 18.1 Å². The van der Waals surface area contributed by atoms with Crippen LogP contribution in [0.15, 0.2) is 28.7 Å². The monoisotopic (exact) mass is 251 g/mol. The molecule has 2 unspecified atom stereocenters. The van der Waals surface area contributed by atoms with Gasteiger partial charge in [-0.15, -0.1) is 0 Å². The van der Waals surface area contributed by atoms with Crippen LogP contribution >= 0.6 is 15.9 Å². The van der Waals surface area contributed by atoms with Gasteiger partial charge in [0.15, 0.2) is 0 Å². The molecule has 72 valence electrons. The highest BCUT2D eigenvalue weighted by molar-refractivity contribution is 9.10. The average Bonchev–Trinajstić information content (AvgIpc) is 2.65. The molecule has 0 saturated carbocycles. The lowest BCUT2D eigenvalue weighted by molar-refractivity contribution is 0.101. The molecule has 1 fully saturated rings. The van der Waals surface area contributed by atoms with Crippen molar-refractivity contribution in [1.82, 2.24) is 0 Å². The van der Waals surface area contributed by atoms with Gasteiger partial charge in [0.05, 0.1) is 18.1 Å². The number of rotatable bonds is 1. The first-order valence-corrected chi connectivity index (χ1v) is 5.37. The highest BCUT2D eigenvalue weighted by Crippen LogP contribution is 2.34. The second kappa shape index (κ2) is 4.12. The smallest absolute Gasteiger partial charge is 0.0984 e. The summed E-state index contributed by atoms with van der Waals surface area (Å²) in [7, 11) is 0. The molecule has 0 bridgehead atoms. The Morgan fingerprint density at radius 3 is 3.07 bits per heavy atom. The van der Waals surface area contributed by atoms with Gasteiger partial charge in [-0.3, -0.25) is 0 Å². The minimum absolute atomic E-state index is 0.00398. The molecular formula is C11H10BrNO. The number of ether oxygens (including phenoxy) is 1. The Bertz CT molecular complexity index is 372. The van der Waals surface area contributed by atoms with Crippen LogP contribution in [0.4, 0.5) is 0 Å². The van der Waals surface area contributed by atoms with Crippen LogP contribution in [-0.4, -0.2) is 6.61 Å². The summed E-state index contributed by atoms with van der Waals surface area (Å²) in [4.78, 5) is 0. The van der Waals surface area contributed by atoms with Crippen LogP contribution in [0.25, 0.3) is 0 Å². The van der Waals surface area contributed by atoms with Gasteiger partial charge < -0.3 is 4.74 Å². The van der Waals surface area contributed by atoms with E-state index in [9.17, 15) is 0 Å². The van der Waals surface area contributed by atoms with Crippen LogP contribution in [0.3, 0.4) is 0 Å². The lowest BCUT2D eigenvalue weighted by Gasteiger charge is -2.13. The van der Waals surface area contributed by atoms with Gasteiger partial charge in [-0.1, -0.05) is 28.1 Å². The lowest BCUT2D eigenvalue weighted by Crippen LogP contribution is -2.04. The Labute approximate surface area is 91.6 Å². The summed E-state index contributed by atoms with van der Waals surface area (Å²) >= 11 is 3.41. The van der Waals surface area contributed by atoms with Crippen molar-refractivity contribution in [3.05, 3.63) is 34.3 Å². The summed E-state index contributed by atoms with van der Waals surface area (Å²) in [6.45, 7) is 0.690. The molecule has 0 spiro atoms. The third-order valence-corrected chi connectivity index (χ3v) is 2.93. The Kier molecular flexibility index (Phi) is 2.85. The molecule has 2 atom stereocenters. The van der Waals surface area contributed by atoms with Gasteiger partial charge in [-0.2, -0.15) is 5.26 Å². The molecular weight excluding hydrogens is 242 g/mol. The fourth-order valence-electron chi connectivity index (χ4n) is 1.73. The van der Waals surface area contributed by atoms with E-state index in [0.717, 1.165) is 16.5 Å². The first kappa shape index (κ1) is 9.70. The molecule has 2 nitrogen and oxygen atoms in total. The lowest BCUT2D eigenvalue weighted by atomic mass is 9.97. The van der Waals surface area contributed by atoms with E-state index in [-0.39, 0.29) is 12.0 Å². The van der Waals surface area contributed by atoms with E-state index >= 15 is 0 Å². The summed E-state index contributed by atoms with van der Waals surface area (Å²) in [6.07, 6.45) is 0.797. The van der Waals surface area contributed by atoms with E-state index in [1.54, 1.807) is 0 Å². The Morgan fingerprint density at radius 2 is 2.36 bits per heavy atom. The number of halogens is 1. The number of nitriles is 1. The molecule has 0 N–H and O–H groups in total. The summed E-state index contributed by atoms with van der Waals surface area (Å²) < 4.78 is 6.58. The van der Waals surface area contributed by atoms with Crippen LogP contribution in [0.5, 0.6) is 0 Å². The summed E-state index contributed by atoms with van der Waals surface area (Å²) in [5.41, 5.74) is 1.09. The Hall–Kier alpha value is -0.850. The molecule has 0 radical (unpaired) electrons. The van der Waals surface area contributed by atoms with Crippen molar-refractivity contribution in [2.75, 3.05) is 6.61 Å². The van der Waals surface area contributed by atoms with Gasteiger partial charge in [0.2, 0.25) is 0 Å². The Balaban J connectivity index is 2.27. The van der Waals surface area contributed by atoms with Crippen molar-refractivity contribution in [2.24, 2.45) is 5.92 Å². The molecule has 1 aromatic rings. The number of hydrogen-bond acceptors (Lipinski definition) is 2. The van der Waals surface area contributed by atoms with Gasteiger partial charge in [-0.05, 0) is 24.1 Å². The zero-order valence-electron chi connectivity index (χ0n) is 7.61. The van der Waals surface area contributed by atoms with Gasteiger partial charge >= 0.3 is 0 Å². The highest BCUT2D eigenvalue weighted by Gasteiger charge is 2.29. The predicted octanol–water partition coefficient (Wildman–Crippen LogP) is 3.05. The predicted molar refractivity (Wildman–Crippen MR) is 56.6 cm³/mol. The fraction of sp³-hybridized carbons (Fsp3) is 0.364. The molecule has 1 aliphatic rings. The van der Waals surface area contributed by atoms with Crippen LogP contribution in [-0.2, 0) is 4.74 Å². The minimum atomic E-state index is -0.0440. The summed E-state index contributed by atoms with van der Waals surface area (Å²) in [5.74, 6) is 0.00398. The number of hydrogen-bond donors (Lipinski definition) is 0. The van der Waals surface area contributed by atoms with Gasteiger partial charge in [-0.25, -0.2) is 0 Å². The SMILES string of the molecule is N#CC1CCOC1c1cccc(Br)c1. The normalized spacial score (nSPS) is 26.0. The highest BCUT2D eigenvalue weighted by atomic mass is 79.9. The topological polar surface area (TPSA) is 33.0 Å². The first-order chi connectivity index (χ1) is 6.81. The summed E-state index contributed by atoms with van der Waals surface area (Å²) in [6, 6.07) is 10.3. The van der Waals surface area contributed by atoms with Crippen LogP contribution in [0.2, 0.25) is 0 Å². The molecule has 0 amide bonds. The number of nitrogens with zero attached hydrogens (tertiary/aromatic N) is 1. The third kappa shape index (κ3) is 1.82. The molecule has 1 aromatic carbocycles. The Morgan fingerprint density at radius 1 is 1.50 bits per heavy atom. The average molecular weight is 252 g/mol. The van der Waals surface area contributed by atoms with Crippen molar-refractivity contribution in [3.63, 3.8) is 0 Å². The van der Waals surface area contributed by atoms with Gasteiger partial charge in [0.25, 0.3) is 0 Å². The van der Waals surface area contributed by atoms with Crippen molar-refractivity contribution < 1.29 is 4.74 Å². The van der Waals surface area contributed by atoms with E-state index < -0.39 is 0 Å². The second-order valence-corrected chi connectivity index (χ2v) is 4.29. The molecule has 3 heteroatoms. The second-order valence-electron chi connectivity index (χ2n) is 3.37. The quantitative estimate of drug-likeness (QED) is 0.769. The van der Waals surface area contributed by atoms with Gasteiger partial charge in [0.1, 0.15) is 0 Å². The van der Waals surface area contributed by atoms with E-state index in [0.29, 0.717) is 6.61 Å². The third-order valence-electron chi connectivity index (χ3n) is 2.43.